The molecule has 2 amide bonds. The maximum absolute atomic E-state index is 15.1. The topological polar surface area (TPSA) is 100 Å². The van der Waals surface area contributed by atoms with Crippen LogP contribution in [0, 0.1) is 12.7 Å². The molecule has 188 valence electrons. The number of hydrogen-bond acceptors (Lipinski definition) is 3. The molecule has 0 bridgehead atoms. The number of nitrogens with one attached hydrogen (secondary N) is 2. The summed E-state index contributed by atoms with van der Waals surface area (Å²) in [7, 11) is 1.61. The van der Waals surface area contributed by atoms with Crippen molar-refractivity contribution in [2.45, 2.75) is 18.9 Å². The Hall–Kier alpha value is -4.72. The molecule has 0 saturated heterocycles. The number of pyridine rings is 1. The lowest BCUT2D eigenvalue weighted by Crippen LogP contribution is -2.47. The highest BCUT2D eigenvalue weighted by atomic mass is 19.1. The zero-order valence-corrected chi connectivity index (χ0v) is 20.3. The van der Waals surface area contributed by atoms with Crippen LogP contribution in [0.1, 0.15) is 22.7 Å². The standard InChI is InChI=1S/C29H26FN3O4/c1-18-22(15-16-25(34)33(18)2)23-14-13-21(17-24(23)30)31-28(35)27(32-29(36)37)26(19-9-5-3-6-10-19)20-11-7-4-8-12-20/h3-17,26-27,32H,1-2H3,(H,31,35)(H,36,37). The van der Waals surface area contributed by atoms with Crippen molar-refractivity contribution in [3.05, 3.63) is 124 Å². The van der Waals surface area contributed by atoms with Gasteiger partial charge in [0.1, 0.15) is 11.9 Å². The summed E-state index contributed by atoms with van der Waals surface area (Å²) in [6.45, 7) is 1.72. The minimum atomic E-state index is -1.36. The zero-order chi connectivity index (χ0) is 26.5. The van der Waals surface area contributed by atoms with E-state index in [1.54, 1.807) is 26.1 Å². The van der Waals surface area contributed by atoms with E-state index >= 15 is 4.39 Å². The molecule has 0 fully saturated rings. The van der Waals surface area contributed by atoms with Crippen LogP contribution in [0.3, 0.4) is 0 Å². The number of aromatic nitrogens is 1. The molecule has 0 aliphatic rings. The van der Waals surface area contributed by atoms with E-state index < -0.39 is 29.8 Å². The van der Waals surface area contributed by atoms with E-state index in [0.29, 0.717) is 11.3 Å². The first-order valence-corrected chi connectivity index (χ1v) is 11.6. The summed E-state index contributed by atoms with van der Waals surface area (Å²) in [5.41, 5.74) is 2.89. The Bertz CT molecular complexity index is 1450. The molecule has 3 aromatic carbocycles. The molecule has 0 saturated carbocycles. The molecule has 0 aliphatic heterocycles. The van der Waals surface area contributed by atoms with Crippen LogP contribution in [0.4, 0.5) is 14.9 Å². The maximum atomic E-state index is 15.1. The Kier molecular flexibility index (Phi) is 7.48. The molecule has 37 heavy (non-hydrogen) atoms. The van der Waals surface area contributed by atoms with E-state index in [4.69, 9.17) is 0 Å². The number of carbonyl (C=O) groups excluding carboxylic acids is 1. The zero-order valence-electron chi connectivity index (χ0n) is 20.3. The van der Waals surface area contributed by atoms with Crippen molar-refractivity contribution in [3.8, 4) is 11.1 Å². The van der Waals surface area contributed by atoms with Gasteiger partial charge in [0.05, 0.1) is 0 Å². The van der Waals surface area contributed by atoms with Gasteiger partial charge in [-0.3, -0.25) is 9.59 Å². The van der Waals surface area contributed by atoms with Gasteiger partial charge < -0.3 is 20.3 Å². The van der Waals surface area contributed by atoms with Gasteiger partial charge in [-0.15, -0.1) is 0 Å². The summed E-state index contributed by atoms with van der Waals surface area (Å²) in [4.78, 5) is 37.0. The Balaban J connectivity index is 1.68. The molecule has 1 heterocycles. The largest absolute Gasteiger partial charge is 0.465 e. The summed E-state index contributed by atoms with van der Waals surface area (Å²) < 4.78 is 16.6. The van der Waals surface area contributed by atoms with Crippen LogP contribution in [0.5, 0.6) is 0 Å². The normalized spacial score (nSPS) is 11.7. The van der Waals surface area contributed by atoms with E-state index in [2.05, 4.69) is 10.6 Å². The van der Waals surface area contributed by atoms with Gasteiger partial charge in [-0.2, -0.15) is 0 Å². The number of carboxylic acid groups (broad SMARTS) is 1. The quantitative estimate of drug-likeness (QED) is 0.337. The molecule has 0 aliphatic carbocycles. The lowest BCUT2D eigenvalue weighted by Gasteiger charge is -2.27. The molecule has 4 aromatic rings. The molecule has 4 rings (SSSR count). The second-order valence-electron chi connectivity index (χ2n) is 8.64. The summed E-state index contributed by atoms with van der Waals surface area (Å²) in [6, 6.07) is 24.2. The van der Waals surface area contributed by atoms with Crippen LogP contribution in [0.15, 0.2) is 95.8 Å². The molecular formula is C29H26FN3O4. The third-order valence-electron chi connectivity index (χ3n) is 6.36. The minimum Gasteiger partial charge on any atom is -0.465 e. The van der Waals surface area contributed by atoms with Gasteiger partial charge in [-0.1, -0.05) is 60.7 Å². The van der Waals surface area contributed by atoms with Crippen molar-refractivity contribution in [3.63, 3.8) is 0 Å². The van der Waals surface area contributed by atoms with Crippen molar-refractivity contribution in [2.75, 3.05) is 5.32 Å². The van der Waals surface area contributed by atoms with Crippen molar-refractivity contribution >= 4 is 17.7 Å². The van der Waals surface area contributed by atoms with Gasteiger partial charge in [0, 0.05) is 41.5 Å². The molecule has 3 N–H and O–H groups in total. The highest BCUT2D eigenvalue weighted by Crippen LogP contribution is 2.30. The van der Waals surface area contributed by atoms with E-state index in [0.717, 1.165) is 11.1 Å². The van der Waals surface area contributed by atoms with Gasteiger partial charge in [0.2, 0.25) is 11.5 Å². The predicted molar refractivity (Wildman–Crippen MR) is 140 cm³/mol. The SMILES string of the molecule is Cc1c(-c2ccc(NC(=O)C(NC(=O)O)C(c3ccccc3)c3ccccc3)cc2F)ccc(=O)n1C. The smallest absolute Gasteiger partial charge is 0.405 e. The van der Waals surface area contributed by atoms with E-state index in [-0.39, 0.29) is 16.8 Å². The third-order valence-corrected chi connectivity index (χ3v) is 6.36. The Morgan fingerprint density at radius 2 is 1.43 bits per heavy atom. The molecule has 0 spiro atoms. The second kappa shape index (κ2) is 10.9. The number of benzene rings is 3. The Morgan fingerprint density at radius 1 is 0.865 bits per heavy atom. The Morgan fingerprint density at radius 3 is 1.97 bits per heavy atom. The average molecular weight is 500 g/mol. The first kappa shape index (κ1) is 25.4. The average Bonchev–Trinajstić information content (AvgIpc) is 2.89. The van der Waals surface area contributed by atoms with Crippen LogP contribution in [-0.2, 0) is 11.8 Å². The number of halogens is 1. The van der Waals surface area contributed by atoms with Gasteiger partial charge in [-0.05, 0) is 42.3 Å². The fraction of sp³-hybridized carbons (Fsp3) is 0.138. The van der Waals surface area contributed by atoms with Gasteiger partial charge in [0.15, 0.2) is 0 Å². The van der Waals surface area contributed by atoms with E-state index in [1.807, 2.05) is 60.7 Å². The van der Waals surface area contributed by atoms with Crippen LogP contribution in [0.25, 0.3) is 11.1 Å². The predicted octanol–water partition coefficient (Wildman–Crippen LogP) is 4.91. The second-order valence-corrected chi connectivity index (χ2v) is 8.64. The van der Waals surface area contributed by atoms with Crippen molar-refractivity contribution in [1.82, 2.24) is 9.88 Å². The molecule has 0 radical (unpaired) electrons. The van der Waals surface area contributed by atoms with Crippen LogP contribution in [0.2, 0.25) is 0 Å². The van der Waals surface area contributed by atoms with Crippen molar-refractivity contribution in [2.24, 2.45) is 7.05 Å². The van der Waals surface area contributed by atoms with Crippen LogP contribution < -0.4 is 16.2 Å². The first-order valence-electron chi connectivity index (χ1n) is 11.6. The molecule has 1 aromatic heterocycles. The molecule has 1 atom stereocenters. The van der Waals surface area contributed by atoms with Gasteiger partial charge >= 0.3 is 6.09 Å². The monoisotopic (exact) mass is 499 g/mol. The lowest BCUT2D eigenvalue weighted by molar-refractivity contribution is -0.118. The number of nitrogens with zero attached hydrogens (tertiary/aromatic N) is 1. The summed E-state index contributed by atoms with van der Waals surface area (Å²) >= 11 is 0. The number of anilines is 1. The lowest BCUT2D eigenvalue weighted by atomic mass is 9.84. The van der Waals surface area contributed by atoms with E-state index in [9.17, 15) is 19.5 Å². The third kappa shape index (κ3) is 5.59. The minimum absolute atomic E-state index is 0.172. The van der Waals surface area contributed by atoms with Crippen molar-refractivity contribution in [1.29, 1.82) is 0 Å². The first-order chi connectivity index (χ1) is 17.8. The highest BCUT2D eigenvalue weighted by Gasteiger charge is 2.32. The Labute approximate surface area is 213 Å². The fourth-order valence-corrected chi connectivity index (χ4v) is 4.38. The fourth-order valence-electron chi connectivity index (χ4n) is 4.38. The number of amides is 2. The molecule has 8 heteroatoms. The summed E-state index contributed by atoms with van der Waals surface area (Å²) in [6.07, 6.45) is -1.36. The van der Waals surface area contributed by atoms with Gasteiger partial charge in [-0.25, -0.2) is 9.18 Å². The summed E-state index contributed by atoms with van der Waals surface area (Å²) in [5.74, 6) is -1.86. The molecule has 7 nitrogen and oxygen atoms in total. The van der Waals surface area contributed by atoms with Crippen LogP contribution >= 0.6 is 0 Å². The van der Waals surface area contributed by atoms with Crippen molar-refractivity contribution < 1.29 is 19.1 Å². The molecular weight excluding hydrogens is 473 g/mol. The van der Waals surface area contributed by atoms with Gasteiger partial charge in [0.25, 0.3) is 0 Å². The van der Waals surface area contributed by atoms with E-state index in [1.165, 1.54) is 22.8 Å². The number of rotatable bonds is 7. The summed E-state index contributed by atoms with van der Waals surface area (Å²) in [5, 5.41) is 14.5. The highest BCUT2D eigenvalue weighted by molar-refractivity contribution is 5.97. The number of hydrogen-bond donors (Lipinski definition) is 3. The maximum Gasteiger partial charge on any atom is 0.405 e. The van der Waals surface area contributed by atoms with Crippen LogP contribution in [-0.4, -0.2) is 27.7 Å². The number of carbonyl (C=O) groups is 2. The molecule has 1 unspecified atom stereocenters.